The normalized spacial score (nSPS) is 10.0. The average Bonchev–Trinajstić information content (AvgIpc) is 2.16. The SMILES string of the molecule is C=C(CCl)CSc1ncc(C)cn1. The Morgan fingerprint density at radius 2 is 2.15 bits per heavy atom. The molecule has 0 unspecified atom stereocenters. The van der Waals surface area contributed by atoms with Crippen molar-refractivity contribution in [2.45, 2.75) is 12.1 Å². The fraction of sp³-hybridized carbons (Fsp3) is 0.333. The molecule has 0 aliphatic heterocycles. The predicted octanol–water partition coefficient (Wildman–Crippen LogP) is 2.67. The van der Waals surface area contributed by atoms with Gasteiger partial charge in [0.05, 0.1) is 0 Å². The van der Waals surface area contributed by atoms with Gasteiger partial charge in [0, 0.05) is 24.0 Å². The molecule has 0 amide bonds. The van der Waals surface area contributed by atoms with E-state index in [0.717, 1.165) is 22.0 Å². The molecular weight excluding hydrogens is 204 g/mol. The van der Waals surface area contributed by atoms with Crippen molar-refractivity contribution in [2.24, 2.45) is 0 Å². The van der Waals surface area contributed by atoms with E-state index >= 15 is 0 Å². The third kappa shape index (κ3) is 3.79. The molecule has 13 heavy (non-hydrogen) atoms. The van der Waals surface area contributed by atoms with E-state index in [1.807, 2.05) is 6.92 Å². The highest BCUT2D eigenvalue weighted by Gasteiger charge is 1.98. The summed E-state index contributed by atoms with van der Waals surface area (Å²) in [5, 5.41) is 0.775. The number of nitrogens with zero attached hydrogens (tertiary/aromatic N) is 2. The van der Waals surface area contributed by atoms with Gasteiger partial charge in [-0.1, -0.05) is 23.9 Å². The molecule has 1 rings (SSSR count). The van der Waals surface area contributed by atoms with E-state index in [4.69, 9.17) is 11.6 Å². The smallest absolute Gasteiger partial charge is 0.187 e. The third-order valence-corrected chi connectivity index (χ3v) is 2.75. The number of rotatable bonds is 4. The quantitative estimate of drug-likeness (QED) is 0.334. The van der Waals surface area contributed by atoms with Crippen LogP contribution >= 0.6 is 23.4 Å². The largest absolute Gasteiger partial charge is 0.231 e. The van der Waals surface area contributed by atoms with Gasteiger partial charge in [0.2, 0.25) is 0 Å². The maximum atomic E-state index is 5.59. The number of aryl methyl sites for hydroxylation is 1. The fourth-order valence-electron chi connectivity index (χ4n) is 0.660. The number of hydrogen-bond acceptors (Lipinski definition) is 3. The Morgan fingerprint density at radius 1 is 1.54 bits per heavy atom. The van der Waals surface area contributed by atoms with Gasteiger partial charge in [-0.15, -0.1) is 11.6 Å². The van der Waals surface area contributed by atoms with Gasteiger partial charge < -0.3 is 0 Å². The number of thioether (sulfide) groups is 1. The van der Waals surface area contributed by atoms with Gasteiger partial charge in [-0.3, -0.25) is 0 Å². The van der Waals surface area contributed by atoms with Gasteiger partial charge in [0.1, 0.15) is 0 Å². The van der Waals surface area contributed by atoms with Gasteiger partial charge in [0.25, 0.3) is 0 Å². The van der Waals surface area contributed by atoms with Crippen LogP contribution in [-0.2, 0) is 0 Å². The first-order valence-electron chi connectivity index (χ1n) is 3.86. The van der Waals surface area contributed by atoms with Crippen molar-refractivity contribution in [2.75, 3.05) is 11.6 Å². The third-order valence-electron chi connectivity index (χ3n) is 1.35. The first-order valence-corrected chi connectivity index (χ1v) is 5.38. The molecule has 1 aromatic rings. The standard InChI is InChI=1S/C9H11ClN2S/c1-7(3-10)6-13-9-11-4-8(2)5-12-9/h4-5H,1,3,6H2,2H3. The van der Waals surface area contributed by atoms with Crippen molar-refractivity contribution in [1.29, 1.82) is 0 Å². The molecule has 0 saturated carbocycles. The van der Waals surface area contributed by atoms with E-state index in [0.29, 0.717) is 5.88 Å². The number of hydrogen-bond donors (Lipinski definition) is 0. The lowest BCUT2D eigenvalue weighted by Crippen LogP contribution is -1.91. The second kappa shape index (κ2) is 5.25. The van der Waals surface area contributed by atoms with Crippen LogP contribution in [0.25, 0.3) is 0 Å². The molecule has 1 aromatic heterocycles. The van der Waals surface area contributed by atoms with Gasteiger partial charge in [-0.2, -0.15) is 0 Å². The Labute approximate surface area is 87.4 Å². The van der Waals surface area contributed by atoms with E-state index in [1.54, 1.807) is 24.2 Å². The summed E-state index contributed by atoms with van der Waals surface area (Å²) in [5.74, 6) is 1.28. The molecule has 0 aromatic carbocycles. The molecule has 0 fully saturated rings. The maximum Gasteiger partial charge on any atom is 0.187 e. The van der Waals surface area contributed by atoms with Gasteiger partial charge in [-0.05, 0) is 12.5 Å². The van der Waals surface area contributed by atoms with Crippen molar-refractivity contribution in [1.82, 2.24) is 9.97 Å². The lowest BCUT2D eigenvalue weighted by Gasteiger charge is -2.00. The Kier molecular flexibility index (Phi) is 4.25. The van der Waals surface area contributed by atoms with Crippen LogP contribution in [0.5, 0.6) is 0 Å². The highest BCUT2D eigenvalue weighted by Crippen LogP contribution is 2.15. The van der Waals surface area contributed by atoms with E-state index in [2.05, 4.69) is 16.5 Å². The summed E-state index contributed by atoms with van der Waals surface area (Å²) in [5.41, 5.74) is 2.07. The van der Waals surface area contributed by atoms with Crippen LogP contribution in [0, 0.1) is 6.92 Å². The second-order valence-electron chi connectivity index (χ2n) is 2.72. The first-order chi connectivity index (χ1) is 6.22. The van der Waals surface area contributed by atoms with Crippen LogP contribution in [-0.4, -0.2) is 21.6 Å². The monoisotopic (exact) mass is 214 g/mol. The van der Waals surface area contributed by atoms with Crippen LogP contribution in [0.2, 0.25) is 0 Å². The summed E-state index contributed by atoms with van der Waals surface area (Å²) in [4.78, 5) is 8.30. The molecule has 0 aliphatic carbocycles. The highest BCUT2D eigenvalue weighted by molar-refractivity contribution is 7.99. The Bertz CT molecular complexity index is 284. The zero-order chi connectivity index (χ0) is 9.68. The zero-order valence-electron chi connectivity index (χ0n) is 7.46. The van der Waals surface area contributed by atoms with Crippen molar-refractivity contribution in [3.05, 3.63) is 30.1 Å². The van der Waals surface area contributed by atoms with Crippen molar-refractivity contribution in [3.63, 3.8) is 0 Å². The second-order valence-corrected chi connectivity index (χ2v) is 3.93. The lowest BCUT2D eigenvalue weighted by atomic mass is 10.4. The summed E-state index contributed by atoms with van der Waals surface area (Å²) >= 11 is 7.15. The molecule has 0 N–H and O–H groups in total. The zero-order valence-corrected chi connectivity index (χ0v) is 9.03. The van der Waals surface area contributed by atoms with Crippen molar-refractivity contribution in [3.8, 4) is 0 Å². The summed E-state index contributed by atoms with van der Waals surface area (Å²) in [7, 11) is 0. The maximum absolute atomic E-state index is 5.59. The van der Waals surface area contributed by atoms with E-state index in [9.17, 15) is 0 Å². The van der Waals surface area contributed by atoms with Gasteiger partial charge >= 0.3 is 0 Å². The van der Waals surface area contributed by atoms with Crippen molar-refractivity contribution < 1.29 is 0 Å². The molecule has 0 saturated heterocycles. The topological polar surface area (TPSA) is 25.8 Å². The van der Waals surface area contributed by atoms with Crippen molar-refractivity contribution >= 4 is 23.4 Å². The number of alkyl halides is 1. The Morgan fingerprint density at radius 3 is 2.69 bits per heavy atom. The lowest BCUT2D eigenvalue weighted by molar-refractivity contribution is 0.951. The van der Waals surface area contributed by atoms with Crippen LogP contribution in [0.1, 0.15) is 5.56 Å². The molecule has 0 spiro atoms. The highest BCUT2D eigenvalue weighted by atomic mass is 35.5. The van der Waals surface area contributed by atoms with Crippen LogP contribution < -0.4 is 0 Å². The summed E-state index contributed by atoms with van der Waals surface area (Å²) in [6, 6.07) is 0. The summed E-state index contributed by atoms with van der Waals surface area (Å²) in [6.07, 6.45) is 3.61. The van der Waals surface area contributed by atoms with Crippen LogP contribution in [0.15, 0.2) is 29.7 Å². The minimum absolute atomic E-state index is 0.499. The number of aromatic nitrogens is 2. The van der Waals surface area contributed by atoms with E-state index in [-0.39, 0.29) is 0 Å². The van der Waals surface area contributed by atoms with E-state index < -0.39 is 0 Å². The number of halogens is 1. The summed E-state index contributed by atoms with van der Waals surface area (Å²) < 4.78 is 0. The minimum Gasteiger partial charge on any atom is -0.231 e. The average molecular weight is 215 g/mol. The van der Waals surface area contributed by atoms with Crippen LogP contribution in [0.3, 0.4) is 0 Å². The fourth-order valence-corrected chi connectivity index (χ4v) is 1.56. The van der Waals surface area contributed by atoms with Crippen LogP contribution in [0.4, 0.5) is 0 Å². The van der Waals surface area contributed by atoms with Gasteiger partial charge in [-0.25, -0.2) is 9.97 Å². The summed E-state index contributed by atoms with van der Waals surface area (Å²) in [6.45, 7) is 5.76. The first kappa shape index (κ1) is 10.5. The molecule has 70 valence electrons. The Balaban J connectivity index is 2.46. The molecule has 0 atom stereocenters. The predicted molar refractivity (Wildman–Crippen MR) is 57.4 cm³/mol. The molecular formula is C9H11ClN2S. The molecule has 0 aliphatic rings. The van der Waals surface area contributed by atoms with E-state index in [1.165, 1.54) is 0 Å². The molecule has 0 bridgehead atoms. The Hall–Kier alpha value is -0.540. The minimum atomic E-state index is 0.499. The van der Waals surface area contributed by atoms with Gasteiger partial charge in [0.15, 0.2) is 5.16 Å². The molecule has 4 heteroatoms. The molecule has 1 heterocycles. The molecule has 2 nitrogen and oxygen atoms in total. The molecule has 0 radical (unpaired) electrons.